The summed E-state index contributed by atoms with van der Waals surface area (Å²) in [6.07, 6.45) is 9.55. The van der Waals surface area contributed by atoms with Crippen molar-refractivity contribution in [1.82, 2.24) is 19.8 Å². The zero-order valence-electron chi connectivity index (χ0n) is 13.8. The molecule has 0 unspecified atom stereocenters. The molecule has 0 saturated carbocycles. The minimum Gasteiger partial charge on any atom is -0.350 e. The number of nitrogens with one attached hydrogen (secondary N) is 1. The van der Waals surface area contributed by atoms with E-state index in [-0.39, 0.29) is 18.0 Å². The second-order valence-corrected chi connectivity index (χ2v) is 7.03. The summed E-state index contributed by atoms with van der Waals surface area (Å²) in [5.74, 6) is 1.71. The highest BCUT2D eigenvalue weighted by atomic mass is 16.2. The van der Waals surface area contributed by atoms with Gasteiger partial charge in [-0.2, -0.15) is 0 Å². The molecule has 0 spiro atoms. The Labute approximate surface area is 133 Å². The molecule has 0 radical (unpaired) electrons. The Hall–Kier alpha value is -1.36. The lowest BCUT2D eigenvalue weighted by atomic mass is 9.97. The number of fused-ring (bicyclic) bond motifs is 1. The zero-order valence-corrected chi connectivity index (χ0v) is 13.8. The first kappa shape index (κ1) is 15.5. The predicted molar refractivity (Wildman–Crippen MR) is 86.5 cm³/mol. The fourth-order valence-corrected chi connectivity index (χ4v) is 3.86. The largest absolute Gasteiger partial charge is 0.350 e. The van der Waals surface area contributed by atoms with Gasteiger partial charge in [-0.1, -0.05) is 20.3 Å². The van der Waals surface area contributed by atoms with Crippen molar-refractivity contribution in [3.05, 3.63) is 18.2 Å². The molecule has 2 aliphatic heterocycles. The first-order valence-corrected chi connectivity index (χ1v) is 8.69. The van der Waals surface area contributed by atoms with Crippen LogP contribution in [0.2, 0.25) is 0 Å². The number of rotatable bonds is 4. The van der Waals surface area contributed by atoms with E-state index in [4.69, 9.17) is 0 Å². The van der Waals surface area contributed by atoms with E-state index in [1.165, 1.54) is 19.3 Å². The Morgan fingerprint density at radius 3 is 2.82 bits per heavy atom. The molecule has 0 bridgehead atoms. The van der Waals surface area contributed by atoms with Crippen molar-refractivity contribution in [2.45, 2.75) is 64.6 Å². The van der Waals surface area contributed by atoms with Crippen LogP contribution in [0.25, 0.3) is 0 Å². The quantitative estimate of drug-likeness (QED) is 0.923. The van der Waals surface area contributed by atoms with Gasteiger partial charge in [-0.15, -0.1) is 0 Å². The first-order valence-electron chi connectivity index (χ1n) is 8.69. The summed E-state index contributed by atoms with van der Waals surface area (Å²) in [6, 6.07) is 0.254. The Balaban J connectivity index is 1.62. The van der Waals surface area contributed by atoms with Gasteiger partial charge in [0.1, 0.15) is 5.82 Å². The molecular weight excluding hydrogens is 276 g/mol. The van der Waals surface area contributed by atoms with Gasteiger partial charge in [-0.3, -0.25) is 9.69 Å². The summed E-state index contributed by atoms with van der Waals surface area (Å²) in [5, 5.41) is 3.30. The first-order chi connectivity index (χ1) is 10.6. The van der Waals surface area contributed by atoms with Gasteiger partial charge < -0.3 is 9.88 Å². The molecule has 1 N–H and O–H groups in total. The van der Waals surface area contributed by atoms with Gasteiger partial charge in [0, 0.05) is 31.4 Å². The smallest absolute Gasteiger partial charge is 0.237 e. The number of hydrogen-bond donors (Lipinski definition) is 1. The van der Waals surface area contributed by atoms with E-state index in [0.29, 0.717) is 5.92 Å². The fraction of sp³-hybridized carbons (Fsp3) is 0.765. The van der Waals surface area contributed by atoms with Crippen molar-refractivity contribution in [1.29, 1.82) is 0 Å². The molecule has 22 heavy (non-hydrogen) atoms. The third-order valence-electron chi connectivity index (χ3n) is 4.97. The van der Waals surface area contributed by atoms with Crippen LogP contribution in [0.4, 0.5) is 0 Å². The number of amides is 1. The standard InChI is InChI=1S/C17H28N4O/c1-13(2)16(20-9-4-3-5-10-20)17(22)19-14-6-7-15-18-8-11-21(15)12-14/h8,11,13-14,16H,3-7,9-10,12H2,1-2H3,(H,19,22)/t14-,16+/m1/s1. The molecule has 2 aliphatic rings. The van der Waals surface area contributed by atoms with Crippen molar-refractivity contribution in [3.8, 4) is 0 Å². The van der Waals surface area contributed by atoms with E-state index >= 15 is 0 Å². The number of carbonyl (C=O) groups is 1. The molecule has 1 amide bonds. The Morgan fingerprint density at radius 1 is 1.32 bits per heavy atom. The maximum absolute atomic E-state index is 12.8. The molecule has 3 rings (SSSR count). The lowest BCUT2D eigenvalue weighted by Gasteiger charge is -2.37. The summed E-state index contributed by atoms with van der Waals surface area (Å²) < 4.78 is 2.17. The molecule has 0 aliphatic carbocycles. The number of aryl methyl sites for hydroxylation is 1. The molecule has 0 aromatic carbocycles. The molecule has 5 nitrogen and oxygen atoms in total. The highest BCUT2D eigenvalue weighted by Crippen LogP contribution is 2.19. The van der Waals surface area contributed by atoms with Gasteiger partial charge in [0.05, 0.1) is 6.04 Å². The number of hydrogen-bond acceptors (Lipinski definition) is 3. The predicted octanol–water partition coefficient (Wildman–Crippen LogP) is 1.82. The number of carbonyl (C=O) groups excluding carboxylic acids is 1. The second-order valence-electron chi connectivity index (χ2n) is 7.03. The number of piperidine rings is 1. The highest BCUT2D eigenvalue weighted by molar-refractivity contribution is 5.82. The van der Waals surface area contributed by atoms with Crippen molar-refractivity contribution in [2.24, 2.45) is 5.92 Å². The van der Waals surface area contributed by atoms with Crippen LogP contribution in [0.5, 0.6) is 0 Å². The van der Waals surface area contributed by atoms with E-state index in [2.05, 4.69) is 33.6 Å². The molecule has 1 saturated heterocycles. The summed E-state index contributed by atoms with van der Waals surface area (Å²) in [4.78, 5) is 19.6. The third kappa shape index (κ3) is 3.35. The monoisotopic (exact) mass is 304 g/mol. The topological polar surface area (TPSA) is 50.2 Å². The van der Waals surface area contributed by atoms with Crippen LogP contribution in [0.15, 0.2) is 12.4 Å². The molecular formula is C17H28N4O. The number of likely N-dealkylation sites (tertiary alicyclic amines) is 1. The summed E-state index contributed by atoms with van der Waals surface area (Å²) in [7, 11) is 0. The van der Waals surface area contributed by atoms with Gasteiger partial charge in [0.15, 0.2) is 0 Å². The number of aromatic nitrogens is 2. The fourth-order valence-electron chi connectivity index (χ4n) is 3.86. The van der Waals surface area contributed by atoms with E-state index < -0.39 is 0 Å². The Bertz CT molecular complexity index is 505. The van der Waals surface area contributed by atoms with Gasteiger partial charge in [-0.25, -0.2) is 4.98 Å². The summed E-state index contributed by atoms with van der Waals surface area (Å²) in [5.41, 5.74) is 0. The minimum atomic E-state index is 0.0180. The van der Waals surface area contributed by atoms with Crippen molar-refractivity contribution in [2.75, 3.05) is 13.1 Å². The van der Waals surface area contributed by atoms with Crippen LogP contribution in [0.1, 0.15) is 45.4 Å². The lowest BCUT2D eigenvalue weighted by molar-refractivity contribution is -0.129. The van der Waals surface area contributed by atoms with Crippen LogP contribution in [0, 0.1) is 5.92 Å². The average Bonchev–Trinajstić information content (AvgIpc) is 2.95. The Morgan fingerprint density at radius 2 is 2.09 bits per heavy atom. The van der Waals surface area contributed by atoms with Gasteiger partial charge in [0.2, 0.25) is 5.91 Å². The molecule has 1 aromatic rings. The Kier molecular flexibility index (Phi) is 4.81. The maximum atomic E-state index is 12.8. The second kappa shape index (κ2) is 6.82. The van der Waals surface area contributed by atoms with E-state index in [1.807, 2.05) is 12.4 Å². The molecule has 3 heterocycles. The lowest BCUT2D eigenvalue weighted by Crippen LogP contribution is -2.54. The van der Waals surface area contributed by atoms with E-state index in [1.54, 1.807) is 0 Å². The van der Waals surface area contributed by atoms with Gasteiger partial charge in [-0.05, 0) is 38.3 Å². The van der Waals surface area contributed by atoms with E-state index in [0.717, 1.165) is 38.3 Å². The highest BCUT2D eigenvalue weighted by Gasteiger charge is 2.31. The maximum Gasteiger partial charge on any atom is 0.237 e. The van der Waals surface area contributed by atoms with Crippen LogP contribution in [-0.2, 0) is 17.8 Å². The van der Waals surface area contributed by atoms with Crippen molar-refractivity contribution < 1.29 is 4.79 Å². The molecule has 1 aromatic heterocycles. The van der Waals surface area contributed by atoms with Crippen LogP contribution >= 0.6 is 0 Å². The van der Waals surface area contributed by atoms with Crippen LogP contribution in [0.3, 0.4) is 0 Å². The third-order valence-corrected chi connectivity index (χ3v) is 4.97. The minimum absolute atomic E-state index is 0.0180. The summed E-state index contributed by atoms with van der Waals surface area (Å²) in [6.45, 7) is 7.30. The van der Waals surface area contributed by atoms with E-state index in [9.17, 15) is 4.79 Å². The van der Waals surface area contributed by atoms with Gasteiger partial charge in [0.25, 0.3) is 0 Å². The average molecular weight is 304 g/mol. The normalized spacial score (nSPS) is 24.0. The SMILES string of the molecule is CC(C)[C@@H](C(=O)N[C@@H]1CCc2nccn2C1)N1CCCCC1. The molecule has 122 valence electrons. The number of imidazole rings is 1. The zero-order chi connectivity index (χ0) is 15.5. The van der Waals surface area contributed by atoms with Gasteiger partial charge >= 0.3 is 0 Å². The van der Waals surface area contributed by atoms with Crippen molar-refractivity contribution in [3.63, 3.8) is 0 Å². The van der Waals surface area contributed by atoms with Crippen LogP contribution < -0.4 is 5.32 Å². The van der Waals surface area contributed by atoms with Crippen LogP contribution in [-0.4, -0.2) is 45.5 Å². The number of nitrogens with zero attached hydrogens (tertiary/aromatic N) is 3. The van der Waals surface area contributed by atoms with Crippen molar-refractivity contribution >= 4 is 5.91 Å². The molecule has 5 heteroatoms. The molecule has 1 fully saturated rings. The summed E-state index contributed by atoms with van der Waals surface area (Å²) >= 11 is 0. The molecule has 2 atom stereocenters.